The molecule has 0 bridgehead atoms. The Morgan fingerprint density at radius 3 is 2.79 bits per heavy atom. The maximum Gasteiger partial charge on any atom is 0.414 e. The highest BCUT2D eigenvalue weighted by molar-refractivity contribution is 6.00. The highest BCUT2D eigenvalue weighted by Gasteiger charge is 2.71. The SMILES string of the molecule is COC(=O)C1=COC(OC(=O)Nc2cccc3ccccc23)C2C1CC1OC12C. The van der Waals surface area contributed by atoms with Crippen LogP contribution in [0.4, 0.5) is 10.5 Å². The summed E-state index contributed by atoms with van der Waals surface area (Å²) in [5.41, 5.74) is 0.649. The van der Waals surface area contributed by atoms with E-state index >= 15 is 0 Å². The van der Waals surface area contributed by atoms with Crippen molar-refractivity contribution >= 4 is 28.5 Å². The molecule has 1 saturated carbocycles. The number of ether oxygens (including phenoxy) is 4. The van der Waals surface area contributed by atoms with Crippen LogP contribution in [-0.4, -0.2) is 37.2 Å². The number of rotatable bonds is 3. The number of benzene rings is 2. The van der Waals surface area contributed by atoms with Gasteiger partial charge in [-0.15, -0.1) is 0 Å². The normalized spacial score (nSPS) is 31.7. The van der Waals surface area contributed by atoms with E-state index in [1.165, 1.54) is 13.4 Å². The van der Waals surface area contributed by atoms with Crippen LogP contribution in [0, 0.1) is 11.8 Å². The van der Waals surface area contributed by atoms with E-state index < -0.39 is 24.0 Å². The predicted molar refractivity (Wildman–Crippen MR) is 104 cm³/mol. The number of anilines is 1. The third kappa shape index (κ3) is 2.84. The zero-order valence-electron chi connectivity index (χ0n) is 16.1. The second-order valence-corrected chi connectivity index (χ2v) is 7.78. The van der Waals surface area contributed by atoms with Gasteiger partial charge in [-0.2, -0.15) is 0 Å². The van der Waals surface area contributed by atoms with Crippen LogP contribution in [0.1, 0.15) is 13.3 Å². The monoisotopic (exact) mass is 395 g/mol. The highest BCUT2D eigenvalue weighted by Crippen LogP contribution is 2.61. The topological polar surface area (TPSA) is 86.4 Å². The van der Waals surface area contributed by atoms with Gasteiger partial charge in [-0.25, -0.2) is 9.59 Å². The Bertz CT molecular complexity index is 1030. The maximum atomic E-state index is 12.6. The molecule has 0 spiro atoms. The van der Waals surface area contributed by atoms with Crippen molar-refractivity contribution in [3.63, 3.8) is 0 Å². The number of hydrogen-bond acceptors (Lipinski definition) is 6. The van der Waals surface area contributed by atoms with E-state index in [0.29, 0.717) is 17.7 Å². The summed E-state index contributed by atoms with van der Waals surface area (Å²) < 4.78 is 22.0. The van der Waals surface area contributed by atoms with Crippen LogP contribution in [-0.2, 0) is 23.7 Å². The summed E-state index contributed by atoms with van der Waals surface area (Å²) in [4.78, 5) is 24.7. The number of methoxy groups -OCH3 is 1. The molecular formula is C22H21NO6. The van der Waals surface area contributed by atoms with Crippen molar-refractivity contribution in [1.82, 2.24) is 0 Å². The molecule has 7 heteroatoms. The van der Waals surface area contributed by atoms with Crippen molar-refractivity contribution in [3.05, 3.63) is 54.3 Å². The van der Waals surface area contributed by atoms with Gasteiger partial charge in [-0.3, -0.25) is 5.32 Å². The van der Waals surface area contributed by atoms with Gasteiger partial charge >= 0.3 is 12.1 Å². The molecular weight excluding hydrogens is 374 g/mol. The van der Waals surface area contributed by atoms with Gasteiger partial charge in [0.15, 0.2) is 0 Å². The van der Waals surface area contributed by atoms with E-state index in [9.17, 15) is 9.59 Å². The Morgan fingerprint density at radius 2 is 1.97 bits per heavy atom. The second-order valence-electron chi connectivity index (χ2n) is 7.78. The third-order valence-corrected chi connectivity index (χ3v) is 6.23. The zero-order valence-corrected chi connectivity index (χ0v) is 16.1. The van der Waals surface area contributed by atoms with Crippen LogP contribution < -0.4 is 5.32 Å². The van der Waals surface area contributed by atoms with Gasteiger partial charge < -0.3 is 18.9 Å². The fourth-order valence-corrected chi connectivity index (χ4v) is 4.72. The molecule has 0 radical (unpaired) electrons. The molecule has 2 heterocycles. The molecule has 0 aromatic heterocycles. The lowest BCUT2D eigenvalue weighted by Crippen LogP contribution is -2.43. The molecule has 3 aliphatic rings. The molecule has 5 unspecified atom stereocenters. The highest BCUT2D eigenvalue weighted by atomic mass is 16.7. The number of amides is 1. The Labute approximate surface area is 167 Å². The van der Waals surface area contributed by atoms with Gasteiger partial charge in [0.2, 0.25) is 0 Å². The van der Waals surface area contributed by atoms with Gasteiger partial charge in [0, 0.05) is 11.3 Å². The second kappa shape index (κ2) is 6.49. The average molecular weight is 395 g/mol. The lowest BCUT2D eigenvalue weighted by atomic mass is 9.82. The first-order valence-corrected chi connectivity index (χ1v) is 9.58. The van der Waals surface area contributed by atoms with Crippen molar-refractivity contribution in [1.29, 1.82) is 0 Å². The molecule has 2 fully saturated rings. The minimum atomic E-state index is -0.846. The predicted octanol–water partition coefficient (Wildman–Crippen LogP) is 3.60. The van der Waals surface area contributed by atoms with E-state index in [0.717, 1.165) is 10.8 Å². The van der Waals surface area contributed by atoms with Crippen LogP contribution in [0.15, 0.2) is 54.3 Å². The van der Waals surface area contributed by atoms with Crippen LogP contribution in [0.5, 0.6) is 0 Å². The summed E-state index contributed by atoms with van der Waals surface area (Å²) in [5.74, 6) is -0.830. The first kappa shape index (κ1) is 18.0. The molecule has 150 valence electrons. The standard InChI is InChI=1S/C22H21NO6/c1-22-17(29-22)10-14-15(19(24)26-2)11-27-20(18(14)22)28-21(25)23-16-9-5-7-12-6-3-4-8-13(12)16/h3-9,11,14,17-18,20H,10H2,1-2H3,(H,23,25). The van der Waals surface area contributed by atoms with Crippen molar-refractivity contribution in [2.75, 3.05) is 12.4 Å². The van der Waals surface area contributed by atoms with E-state index in [1.807, 2.05) is 49.4 Å². The summed E-state index contributed by atoms with van der Waals surface area (Å²) >= 11 is 0. The fourth-order valence-electron chi connectivity index (χ4n) is 4.72. The largest absolute Gasteiger partial charge is 0.466 e. The smallest absolute Gasteiger partial charge is 0.414 e. The molecule has 1 aliphatic carbocycles. The van der Waals surface area contributed by atoms with Crippen molar-refractivity contribution in [2.45, 2.75) is 31.3 Å². The number of fused-ring (bicyclic) bond motifs is 4. The van der Waals surface area contributed by atoms with Crippen molar-refractivity contribution < 1.29 is 28.5 Å². The van der Waals surface area contributed by atoms with Crippen LogP contribution in [0.2, 0.25) is 0 Å². The van der Waals surface area contributed by atoms with Crippen molar-refractivity contribution in [3.8, 4) is 0 Å². The number of esters is 1. The van der Waals surface area contributed by atoms with Crippen LogP contribution in [0.25, 0.3) is 10.8 Å². The van der Waals surface area contributed by atoms with Gasteiger partial charge in [-0.05, 0) is 24.8 Å². The van der Waals surface area contributed by atoms with Gasteiger partial charge in [0.1, 0.15) is 5.60 Å². The Kier molecular flexibility index (Phi) is 4.03. The number of epoxide rings is 1. The van der Waals surface area contributed by atoms with Crippen LogP contribution in [0.3, 0.4) is 0 Å². The third-order valence-electron chi connectivity index (χ3n) is 6.23. The molecule has 1 N–H and O–H groups in total. The van der Waals surface area contributed by atoms with E-state index in [-0.39, 0.29) is 17.9 Å². The molecule has 1 saturated heterocycles. The van der Waals surface area contributed by atoms with Crippen LogP contribution >= 0.6 is 0 Å². The van der Waals surface area contributed by atoms with Crippen molar-refractivity contribution in [2.24, 2.45) is 11.8 Å². The van der Waals surface area contributed by atoms with E-state index in [1.54, 1.807) is 0 Å². The number of carbonyl (C=O) groups excluding carboxylic acids is 2. The first-order valence-electron chi connectivity index (χ1n) is 9.58. The Balaban J connectivity index is 1.36. The average Bonchev–Trinajstić information content (AvgIpc) is 3.28. The Morgan fingerprint density at radius 1 is 1.17 bits per heavy atom. The summed E-state index contributed by atoms with van der Waals surface area (Å²) in [6.45, 7) is 1.96. The lowest BCUT2D eigenvalue weighted by molar-refractivity contribution is -0.149. The summed E-state index contributed by atoms with van der Waals surface area (Å²) in [6.07, 6.45) is 0.598. The van der Waals surface area contributed by atoms with E-state index in [2.05, 4.69) is 5.32 Å². The summed E-state index contributed by atoms with van der Waals surface area (Å²) in [7, 11) is 1.34. The number of nitrogens with one attached hydrogen (secondary N) is 1. The van der Waals surface area contributed by atoms with E-state index in [4.69, 9.17) is 18.9 Å². The first-order chi connectivity index (χ1) is 14.0. The molecule has 2 aromatic carbocycles. The molecule has 2 aliphatic heterocycles. The summed E-state index contributed by atoms with van der Waals surface area (Å²) in [5, 5.41) is 4.74. The van der Waals surface area contributed by atoms with Gasteiger partial charge in [-0.1, -0.05) is 36.4 Å². The fraction of sp³-hybridized carbons (Fsp3) is 0.364. The van der Waals surface area contributed by atoms with Gasteiger partial charge in [0.25, 0.3) is 6.29 Å². The van der Waals surface area contributed by atoms with Gasteiger partial charge in [0.05, 0.1) is 36.7 Å². The number of carbonyl (C=O) groups is 2. The molecule has 5 atom stereocenters. The number of hydrogen-bond donors (Lipinski definition) is 1. The Hall–Kier alpha value is -3.06. The molecule has 5 rings (SSSR count). The summed E-state index contributed by atoms with van der Waals surface area (Å²) in [6, 6.07) is 13.4. The quantitative estimate of drug-likeness (QED) is 0.631. The zero-order chi connectivity index (χ0) is 20.2. The lowest BCUT2D eigenvalue weighted by Gasteiger charge is -2.35. The molecule has 2 aromatic rings. The molecule has 1 amide bonds. The molecule has 29 heavy (non-hydrogen) atoms. The minimum absolute atomic E-state index is 0.0273. The molecule has 7 nitrogen and oxygen atoms in total. The maximum absolute atomic E-state index is 12.6. The minimum Gasteiger partial charge on any atom is -0.466 e.